The predicted molar refractivity (Wildman–Crippen MR) is 59.8 cm³/mol. The first-order valence-electron chi connectivity index (χ1n) is 4.61. The minimum Gasteiger partial charge on any atom is -0.207 e. The van der Waals surface area contributed by atoms with Gasteiger partial charge < -0.3 is 0 Å². The van der Waals surface area contributed by atoms with Crippen molar-refractivity contribution in [2.45, 2.75) is 11.8 Å². The van der Waals surface area contributed by atoms with Crippen LogP contribution in [0.1, 0.15) is 12.5 Å². The molecule has 4 nitrogen and oxygen atoms in total. The van der Waals surface area contributed by atoms with Gasteiger partial charge in [-0.3, -0.25) is 0 Å². The van der Waals surface area contributed by atoms with Crippen LogP contribution in [0.3, 0.4) is 0 Å². The van der Waals surface area contributed by atoms with E-state index in [2.05, 4.69) is 16.6 Å². The number of hydrogen-bond donors (Lipinski definition) is 1. The normalized spacial score (nSPS) is 10.2. The van der Waals surface area contributed by atoms with E-state index in [1.165, 1.54) is 18.2 Å². The third-order valence-corrected chi connectivity index (χ3v) is 3.35. The van der Waals surface area contributed by atoms with Crippen LogP contribution in [0.25, 0.3) is 0 Å². The van der Waals surface area contributed by atoms with Crippen LogP contribution in [0.5, 0.6) is 0 Å². The van der Waals surface area contributed by atoms with Gasteiger partial charge in [-0.15, -0.1) is 5.92 Å². The van der Waals surface area contributed by atoms with Crippen molar-refractivity contribution >= 4 is 10.0 Å². The summed E-state index contributed by atoms with van der Waals surface area (Å²) in [5.41, 5.74) is -0.496. The van der Waals surface area contributed by atoms with Crippen molar-refractivity contribution in [1.29, 1.82) is 5.26 Å². The molecule has 0 aliphatic rings. The summed E-state index contributed by atoms with van der Waals surface area (Å²) in [4.78, 5) is -0.377. The van der Waals surface area contributed by atoms with Crippen LogP contribution >= 0.6 is 0 Å². The number of sulfonamides is 1. The molecule has 1 rings (SSSR count). The number of nitriles is 1. The second-order valence-electron chi connectivity index (χ2n) is 2.98. The molecule has 0 fully saturated rings. The molecule has 0 bridgehead atoms. The SMILES string of the molecule is CC#CCNS(=O)(=O)c1cccc(F)c1C#N. The van der Waals surface area contributed by atoms with E-state index in [0.29, 0.717) is 0 Å². The van der Waals surface area contributed by atoms with Gasteiger partial charge in [0.25, 0.3) is 0 Å². The van der Waals surface area contributed by atoms with Gasteiger partial charge in [-0.25, -0.2) is 12.8 Å². The van der Waals surface area contributed by atoms with E-state index in [1.54, 1.807) is 6.92 Å². The Balaban J connectivity index is 3.19. The lowest BCUT2D eigenvalue weighted by Gasteiger charge is -2.06. The summed E-state index contributed by atoms with van der Waals surface area (Å²) in [6.07, 6.45) is 0. The smallest absolute Gasteiger partial charge is 0.207 e. The van der Waals surface area contributed by atoms with Crippen molar-refractivity contribution in [2.75, 3.05) is 6.54 Å². The second-order valence-corrected chi connectivity index (χ2v) is 4.71. The molecule has 0 atom stereocenters. The predicted octanol–water partition coefficient (Wildman–Crippen LogP) is 0.999. The van der Waals surface area contributed by atoms with Crippen molar-refractivity contribution in [2.24, 2.45) is 0 Å². The van der Waals surface area contributed by atoms with E-state index >= 15 is 0 Å². The van der Waals surface area contributed by atoms with E-state index in [9.17, 15) is 12.8 Å². The highest BCUT2D eigenvalue weighted by atomic mass is 32.2. The number of rotatable bonds is 3. The second kappa shape index (κ2) is 5.44. The van der Waals surface area contributed by atoms with Gasteiger partial charge in [0.1, 0.15) is 22.3 Å². The van der Waals surface area contributed by atoms with Crippen LogP contribution in [0.2, 0.25) is 0 Å². The van der Waals surface area contributed by atoms with E-state index in [-0.39, 0.29) is 11.4 Å². The Morgan fingerprint density at radius 1 is 1.47 bits per heavy atom. The van der Waals surface area contributed by atoms with Gasteiger partial charge in [0.05, 0.1) is 6.54 Å². The number of benzene rings is 1. The lowest BCUT2D eigenvalue weighted by Crippen LogP contribution is -2.25. The fourth-order valence-corrected chi connectivity index (χ4v) is 2.22. The van der Waals surface area contributed by atoms with Gasteiger partial charge in [0.2, 0.25) is 10.0 Å². The molecule has 0 heterocycles. The molecule has 88 valence electrons. The van der Waals surface area contributed by atoms with Gasteiger partial charge in [0, 0.05) is 0 Å². The molecular formula is C11H9FN2O2S. The Labute approximate surface area is 99.1 Å². The monoisotopic (exact) mass is 252 g/mol. The summed E-state index contributed by atoms with van der Waals surface area (Å²) >= 11 is 0. The first-order chi connectivity index (χ1) is 8.03. The molecule has 0 unspecified atom stereocenters. The Bertz CT molecular complexity index is 621. The summed E-state index contributed by atoms with van der Waals surface area (Å²) < 4.78 is 38.9. The first-order valence-corrected chi connectivity index (χ1v) is 6.09. The highest BCUT2D eigenvalue weighted by Gasteiger charge is 2.20. The van der Waals surface area contributed by atoms with Crippen molar-refractivity contribution in [3.63, 3.8) is 0 Å². The maximum absolute atomic E-state index is 13.2. The summed E-state index contributed by atoms with van der Waals surface area (Å²) in [7, 11) is -3.91. The molecule has 0 saturated heterocycles. The zero-order chi connectivity index (χ0) is 12.9. The summed E-state index contributed by atoms with van der Waals surface area (Å²) in [5.74, 6) is 4.16. The number of nitrogens with one attached hydrogen (secondary N) is 1. The molecular weight excluding hydrogens is 243 g/mol. The average molecular weight is 252 g/mol. The quantitative estimate of drug-likeness (QED) is 0.816. The van der Waals surface area contributed by atoms with Crippen molar-refractivity contribution in [3.05, 3.63) is 29.6 Å². The molecule has 0 spiro atoms. The average Bonchev–Trinajstić information content (AvgIpc) is 2.29. The maximum atomic E-state index is 13.2. The Morgan fingerprint density at radius 2 is 2.18 bits per heavy atom. The molecule has 1 N–H and O–H groups in total. The fourth-order valence-electron chi connectivity index (χ4n) is 1.13. The standard InChI is InChI=1S/C11H9FN2O2S/c1-2-3-7-14-17(15,16)11-6-4-5-10(12)9(11)8-13/h4-6,14H,7H2,1H3. The van der Waals surface area contributed by atoms with Gasteiger partial charge in [-0.05, 0) is 19.1 Å². The van der Waals surface area contributed by atoms with E-state index in [4.69, 9.17) is 5.26 Å². The molecule has 0 radical (unpaired) electrons. The minimum atomic E-state index is -3.91. The van der Waals surface area contributed by atoms with Crippen molar-refractivity contribution in [3.8, 4) is 17.9 Å². The van der Waals surface area contributed by atoms with Crippen LogP contribution < -0.4 is 4.72 Å². The van der Waals surface area contributed by atoms with Gasteiger partial charge >= 0.3 is 0 Å². The highest BCUT2D eigenvalue weighted by Crippen LogP contribution is 2.17. The van der Waals surface area contributed by atoms with Crippen LogP contribution in [0.4, 0.5) is 4.39 Å². The minimum absolute atomic E-state index is 0.0831. The molecule has 0 saturated carbocycles. The lowest BCUT2D eigenvalue weighted by molar-refractivity contribution is 0.580. The Kier molecular flexibility index (Phi) is 4.22. The maximum Gasteiger partial charge on any atom is 0.242 e. The highest BCUT2D eigenvalue weighted by molar-refractivity contribution is 7.89. The number of halogens is 1. The Morgan fingerprint density at radius 3 is 2.76 bits per heavy atom. The van der Waals surface area contributed by atoms with E-state index < -0.39 is 21.4 Å². The van der Waals surface area contributed by atoms with Crippen LogP contribution in [0, 0.1) is 29.0 Å². The van der Waals surface area contributed by atoms with Gasteiger partial charge in [0.15, 0.2) is 0 Å². The molecule has 0 aliphatic carbocycles. The number of hydrogen-bond acceptors (Lipinski definition) is 3. The van der Waals surface area contributed by atoms with Crippen LogP contribution in [-0.2, 0) is 10.0 Å². The first kappa shape index (κ1) is 13.2. The summed E-state index contributed by atoms with van der Waals surface area (Å²) in [5, 5.41) is 8.72. The molecule has 1 aromatic rings. The Hall–Kier alpha value is -1.89. The topological polar surface area (TPSA) is 70.0 Å². The van der Waals surface area contributed by atoms with Gasteiger partial charge in [-0.1, -0.05) is 12.0 Å². The molecule has 0 aliphatic heterocycles. The zero-order valence-electron chi connectivity index (χ0n) is 8.99. The van der Waals surface area contributed by atoms with E-state index in [1.807, 2.05) is 0 Å². The molecule has 17 heavy (non-hydrogen) atoms. The molecule has 1 aromatic carbocycles. The molecule has 0 aromatic heterocycles. The summed E-state index contributed by atoms with van der Waals surface area (Å²) in [6.45, 7) is 1.48. The third-order valence-electron chi connectivity index (χ3n) is 1.90. The molecule has 0 amide bonds. The fraction of sp³-hybridized carbons (Fsp3) is 0.182. The lowest BCUT2D eigenvalue weighted by atomic mass is 10.2. The third kappa shape index (κ3) is 3.04. The van der Waals surface area contributed by atoms with Crippen molar-refractivity contribution in [1.82, 2.24) is 4.72 Å². The van der Waals surface area contributed by atoms with Crippen LogP contribution in [0.15, 0.2) is 23.1 Å². The van der Waals surface area contributed by atoms with E-state index in [0.717, 1.165) is 6.07 Å². The largest absolute Gasteiger partial charge is 0.242 e. The zero-order valence-corrected chi connectivity index (χ0v) is 9.81. The molecule has 6 heteroatoms. The van der Waals surface area contributed by atoms with Crippen LogP contribution in [-0.4, -0.2) is 15.0 Å². The van der Waals surface area contributed by atoms with Crippen molar-refractivity contribution < 1.29 is 12.8 Å². The number of nitrogens with zero attached hydrogens (tertiary/aromatic N) is 1. The van der Waals surface area contributed by atoms with Gasteiger partial charge in [-0.2, -0.15) is 9.98 Å². The summed E-state index contributed by atoms with van der Waals surface area (Å²) in [6, 6.07) is 4.96.